The molecule has 1 aliphatic heterocycles. The van der Waals surface area contributed by atoms with Crippen LogP contribution in [0.5, 0.6) is 5.75 Å². The number of hydrogen-bond acceptors (Lipinski definition) is 3. The molecule has 0 aromatic heterocycles. The topological polar surface area (TPSA) is 55.4 Å². The lowest BCUT2D eigenvalue weighted by atomic mass is 10.0. The largest absolute Gasteiger partial charge is 0.486 e. The van der Waals surface area contributed by atoms with E-state index in [1.807, 2.05) is 24.3 Å². The molecule has 4 rings (SSSR count). The fourth-order valence-corrected chi connectivity index (χ4v) is 4.24. The van der Waals surface area contributed by atoms with Gasteiger partial charge < -0.3 is 4.74 Å². The number of carbonyl (C=O) groups is 1. The van der Waals surface area contributed by atoms with Crippen LogP contribution in [0.3, 0.4) is 0 Å². The van der Waals surface area contributed by atoms with Gasteiger partial charge in [-0.1, -0.05) is 30.3 Å². The first kappa shape index (κ1) is 15.1. The standard InChI is InChI=1S/C19H17NO3S/c1-12-3-2-4-16-15(12)9-10-17(16)23-14-7-5-13(6-8-14)18-11-19(21)20-24(18)22/h2-8,11,17H,9-10H2,1H3,(H,20,21)/t17-,24?/m1/s1. The molecule has 4 nitrogen and oxygen atoms in total. The summed E-state index contributed by atoms with van der Waals surface area (Å²) >= 11 is 0. The molecule has 0 bridgehead atoms. The van der Waals surface area contributed by atoms with Crippen molar-refractivity contribution in [2.75, 3.05) is 0 Å². The molecule has 0 fully saturated rings. The van der Waals surface area contributed by atoms with Gasteiger partial charge in [-0.25, -0.2) is 4.21 Å². The molecule has 0 saturated carbocycles. The minimum absolute atomic E-state index is 0.0776. The Kier molecular flexibility index (Phi) is 3.73. The molecule has 0 saturated heterocycles. The van der Waals surface area contributed by atoms with Gasteiger partial charge in [0, 0.05) is 6.08 Å². The van der Waals surface area contributed by atoms with Crippen LogP contribution in [-0.4, -0.2) is 10.1 Å². The van der Waals surface area contributed by atoms with Crippen molar-refractivity contribution in [3.8, 4) is 5.75 Å². The van der Waals surface area contributed by atoms with Crippen molar-refractivity contribution in [3.05, 3.63) is 70.8 Å². The molecule has 0 spiro atoms. The summed E-state index contributed by atoms with van der Waals surface area (Å²) in [4.78, 5) is 11.8. The highest BCUT2D eigenvalue weighted by atomic mass is 32.2. The van der Waals surface area contributed by atoms with Gasteiger partial charge in [0.25, 0.3) is 5.91 Å². The van der Waals surface area contributed by atoms with Gasteiger partial charge >= 0.3 is 0 Å². The molecule has 2 atom stereocenters. The average Bonchev–Trinajstić information content (AvgIpc) is 3.12. The zero-order valence-electron chi connectivity index (χ0n) is 13.2. The summed E-state index contributed by atoms with van der Waals surface area (Å²) in [7, 11) is -1.46. The lowest BCUT2D eigenvalue weighted by Gasteiger charge is -2.15. The molecule has 0 radical (unpaired) electrons. The zero-order valence-corrected chi connectivity index (χ0v) is 14.1. The van der Waals surface area contributed by atoms with Crippen LogP contribution in [0.4, 0.5) is 0 Å². The lowest BCUT2D eigenvalue weighted by molar-refractivity contribution is -0.114. The number of ether oxygens (including phenoxy) is 1. The third-order valence-electron chi connectivity index (χ3n) is 4.52. The predicted molar refractivity (Wildman–Crippen MR) is 93.6 cm³/mol. The molecule has 1 N–H and O–H groups in total. The number of benzene rings is 2. The lowest BCUT2D eigenvalue weighted by Crippen LogP contribution is -2.16. The molecule has 1 amide bonds. The van der Waals surface area contributed by atoms with Crippen molar-refractivity contribution in [1.29, 1.82) is 0 Å². The highest BCUT2D eigenvalue weighted by Gasteiger charge is 2.25. The second kappa shape index (κ2) is 5.91. The molecule has 1 heterocycles. The predicted octanol–water partition coefficient (Wildman–Crippen LogP) is 3.20. The molecule has 2 aliphatic rings. The Morgan fingerprint density at radius 2 is 1.96 bits per heavy atom. The molecule has 2 aromatic rings. The van der Waals surface area contributed by atoms with Crippen molar-refractivity contribution in [2.45, 2.75) is 25.9 Å². The van der Waals surface area contributed by atoms with Gasteiger partial charge in [-0.3, -0.25) is 9.52 Å². The van der Waals surface area contributed by atoms with Crippen LogP contribution in [0.2, 0.25) is 0 Å². The summed E-state index contributed by atoms with van der Waals surface area (Å²) in [6.07, 6.45) is 3.48. The fourth-order valence-electron chi connectivity index (χ4n) is 3.32. The summed E-state index contributed by atoms with van der Waals surface area (Å²) < 4.78 is 20.3. The van der Waals surface area contributed by atoms with Crippen LogP contribution >= 0.6 is 0 Å². The Morgan fingerprint density at radius 1 is 1.17 bits per heavy atom. The summed E-state index contributed by atoms with van der Waals surface area (Å²) in [5.41, 5.74) is 4.76. The SMILES string of the molecule is Cc1cccc2c1CC[C@H]2Oc1ccc(C2=CC(=O)NS2=O)cc1. The summed E-state index contributed by atoms with van der Waals surface area (Å²) in [5.74, 6) is 0.461. The van der Waals surface area contributed by atoms with Crippen LogP contribution in [0.25, 0.3) is 4.91 Å². The molecule has 122 valence electrons. The maximum Gasteiger partial charge on any atom is 0.257 e. The normalized spacial score (nSPS) is 22.0. The third kappa shape index (κ3) is 2.65. The van der Waals surface area contributed by atoms with E-state index in [1.54, 1.807) is 0 Å². The zero-order chi connectivity index (χ0) is 16.7. The summed E-state index contributed by atoms with van der Waals surface area (Å²) in [6.45, 7) is 2.14. The van der Waals surface area contributed by atoms with Gasteiger partial charge in [0.2, 0.25) is 0 Å². The van der Waals surface area contributed by atoms with Crippen molar-refractivity contribution < 1.29 is 13.7 Å². The second-order valence-electron chi connectivity index (χ2n) is 6.06. The summed E-state index contributed by atoms with van der Waals surface area (Å²) in [6, 6.07) is 13.8. The highest BCUT2D eigenvalue weighted by Crippen LogP contribution is 2.36. The highest BCUT2D eigenvalue weighted by molar-refractivity contribution is 7.93. The number of nitrogens with one attached hydrogen (secondary N) is 1. The molecule has 24 heavy (non-hydrogen) atoms. The van der Waals surface area contributed by atoms with E-state index in [-0.39, 0.29) is 12.0 Å². The fraction of sp³-hybridized carbons (Fsp3) is 0.211. The Bertz CT molecular complexity index is 871. The first-order valence-corrected chi connectivity index (χ1v) is 9.06. The first-order chi connectivity index (χ1) is 11.6. The number of hydrogen-bond donors (Lipinski definition) is 1. The van der Waals surface area contributed by atoms with E-state index < -0.39 is 11.0 Å². The van der Waals surface area contributed by atoms with Gasteiger partial charge in [0.1, 0.15) is 11.9 Å². The van der Waals surface area contributed by atoms with Crippen LogP contribution in [0, 0.1) is 6.92 Å². The molecular formula is C19H17NO3S. The van der Waals surface area contributed by atoms with E-state index in [9.17, 15) is 9.00 Å². The number of fused-ring (bicyclic) bond motifs is 1. The molecule has 1 unspecified atom stereocenters. The maximum atomic E-state index is 11.8. The number of rotatable bonds is 3. The summed E-state index contributed by atoms with van der Waals surface area (Å²) in [5, 5.41) is 0. The van der Waals surface area contributed by atoms with Crippen molar-refractivity contribution in [1.82, 2.24) is 4.72 Å². The molecule has 5 heteroatoms. The van der Waals surface area contributed by atoms with Crippen molar-refractivity contribution in [2.24, 2.45) is 0 Å². The first-order valence-electron chi connectivity index (χ1n) is 7.91. The van der Waals surface area contributed by atoms with E-state index in [0.29, 0.717) is 4.91 Å². The van der Waals surface area contributed by atoms with E-state index in [2.05, 4.69) is 29.8 Å². The minimum Gasteiger partial charge on any atom is -0.486 e. The van der Waals surface area contributed by atoms with E-state index in [4.69, 9.17) is 4.74 Å². The van der Waals surface area contributed by atoms with E-state index in [1.165, 1.54) is 22.8 Å². The van der Waals surface area contributed by atoms with Crippen LogP contribution in [0.1, 0.15) is 34.8 Å². The van der Waals surface area contributed by atoms with Crippen LogP contribution in [-0.2, 0) is 22.2 Å². The second-order valence-corrected chi connectivity index (χ2v) is 7.24. The smallest absolute Gasteiger partial charge is 0.257 e. The van der Waals surface area contributed by atoms with E-state index in [0.717, 1.165) is 24.2 Å². The number of amides is 1. The van der Waals surface area contributed by atoms with E-state index >= 15 is 0 Å². The Balaban J connectivity index is 1.54. The molecule has 1 aliphatic carbocycles. The Hall–Kier alpha value is -2.40. The minimum atomic E-state index is -1.46. The van der Waals surface area contributed by atoms with Gasteiger partial charge in [-0.15, -0.1) is 0 Å². The van der Waals surface area contributed by atoms with Crippen molar-refractivity contribution in [3.63, 3.8) is 0 Å². The van der Waals surface area contributed by atoms with Gasteiger partial charge in [0.15, 0.2) is 11.0 Å². The number of carbonyl (C=O) groups excluding carboxylic acids is 1. The van der Waals surface area contributed by atoms with Crippen molar-refractivity contribution >= 4 is 21.8 Å². The quantitative estimate of drug-likeness (QED) is 0.934. The van der Waals surface area contributed by atoms with Gasteiger partial charge in [-0.2, -0.15) is 0 Å². The monoisotopic (exact) mass is 339 g/mol. The van der Waals surface area contributed by atoms with Gasteiger partial charge in [-0.05, 0) is 54.2 Å². The average molecular weight is 339 g/mol. The van der Waals surface area contributed by atoms with Crippen LogP contribution in [0.15, 0.2) is 48.5 Å². The van der Waals surface area contributed by atoms with Gasteiger partial charge in [0.05, 0.1) is 4.91 Å². The van der Waals surface area contributed by atoms with Crippen LogP contribution < -0.4 is 9.46 Å². The molecule has 2 aromatic carbocycles. The third-order valence-corrected chi connectivity index (χ3v) is 5.66. The molecular weight excluding hydrogens is 322 g/mol. The maximum absolute atomic E-state index is 11.8. The Labute approximate surface area is 143 Å². The number of aryl methyl sites for hydroxylation is 1. The Morgan fingerprint density at radius 3 is 2.67 bits per heavy atom.